The molecule has 0 fully saturated rings. The van der Waals surface area contributed by atoms with E-state index in [1.807, 2.05) is 49.1 Å². The summed E-state index contributed by atoms with van der Waals surface area (Å²) in [4.78, 5) is 0. The molecule has 2 aromatic heterocycles. The molecule has 0 saturated heterocycles. The first-order valence-corrected chi connectivity index (χ1v) is 14.5. The molecule has 0 unspecified atom stereocenters. The first-order valence-electron chi connectivity index (χ1n) is 8.19. The van der Waals surface area contributed by atoms with Crippen molar-refractivity contribution in [3.63, 3.8) is 0 Å². The van der Waals surface area contributed by atoms with Gasteiger partial charge in [0.05, 0.1) is 0 Å². The van der Waals surface area contributed by atoms with Crippen LogP contribution in [0.5, 0.6) is 0 Å². The third-order valence-corrected chi connectivity index (χ3v) is 11.0. The Morgan fingerprint density at radius 2 is 0.875 bits per heavy atom. The molecule has 2 nitrogen and oxygen atoms in total. The summed E-state index contributed by atoms with van der Waals surface area (Å²) in [6, 6.07) is 8.09. The van der Waals surface area contributed by atoms with Crippen LogP contribution in [0.3, 0.4) is 0 Å². The Balaban J connectivity index is 2.46. The first-order chi connectivity index (χ1) is 10.7. The van der Waals surface area contributed by atoms with Gasteiger partial charge in [-0.2, -0.15) is 0 Å². The van der Waals surface area contributed by atoms with Crippen LogP contribution in [0, 0.1) is 0 Å². The van der Waals surface area contributed by atoms with Crippen molar-refractivity contribution in [2.75, 3.05) is 0 Å². The fourth-order valence-electron chi connectivity index (χ4n) is 2.57. The Morgan fingerprint density at radius 1 is 0.625 bits per heavy atom. The molecule has 2 heterocycles. The van der Waals surface area contributed by atoms with Gasteiger partial charge in [0.25, 0.3) is 0 Å². The van der Waals surface area contributed by atoms with Gasteiger partial charge in [0.2, 0.25) is 0 Å². The van der Waals surface area contributed by atoms with Crippen LogP contribution in [0.15, 0.2) is 49.1 Å². The van der Waals surface area contributed by atoms with Gasteiger partial charge in [-0.3, -0.25) is 0 Å². The summed E-state index contributed by atoms with van der Waals surface area (Å²) in [6.07, 6.45) is 7.51. The predicted octanol–water partition coefficient (Wildman–Crippen LogP) is 4.59. The Kier molecular flexibility index (Phi) is 4.91. The second kappa shape index (κ2) is 5.98. The summed E-state index contributed by atoms with van der Waals surface area (Å²) in [6.45, 7) is 13.0. The zero-order valence-electron chi connectivity index (χ0n) is 15.2. The molecule has 2 aromatic rings. The molecule has 0 spiro atoms. The number of pyridine rings is 2. The van der Waals surface area contributed by atoms with E-state index in [9.17, 15) is 0 Å². The van der Waals surface area contributed by atoms with Crippen molar-refractivity contribution < 1.29 is 8.47 Å². The summed E-state index contributed by atoms with van der Waals surface area (Å²) < 4.78 is 3.51. The fourth-order valence-corrected chi connectivity index (χ4v) is 6.66. The number of hydrogen-bond donors (Lipinski definition) is 0. The van der Waals surface area contributed by atoms with Crippen molar-refractivity contribution in [2.45, 2.75) is 52.4 Å². The Bertz CT molecular complexity index is 657. The van der Waals surface area contributed by atoms with Gasteiger partial charge < -0.3 is 0 Å². The molecule has 6 heteroatoms. The van der Waals surface area contributed by atoms with Crippen molar-refractivity contribution >= 4 is 38.8 Å². The van der Waals surface area contributed by atoms with Crippen molar-refractivity contribution in [3.05, 3.63) is 60.2 Å². The molecule has 0 atom stereocenters. The fraction of sp³-hybridized carbons (Fsp3) is 0.444. The second-order valence-electron chi connectivity index (χ2n) is 8.52. The summed E-state index contributed by atoms with van der Waals surface area (Å²) in [5, 5.41) is 0. The van der Waals surface area contributed by atoms with Gasteiger partial charge >= 0.3 is 160 Å². The van der Waals surface area contributed by atoms with Gasteiger partial charge in [-0.05, 0) is 0 Å². The summed E-state index contributed by atoms with van der Waals surface area (Å²) in [7, 11) is 0. The number of nitrogens with zero attached hydrogens (tertiary/aromatic N) is 2. The van der Waals surface area contributed by atoms with E-state index in [0.29, 0.717) is 0 Å². The van der Waals surface area contributed by atoms with Crippen LogP contribution in [-0.2, 0) is 10.8 Å². The minimum atomic E-state index is -4.43. The summed E-state index contributed by atoms with van der Waals surface area (Å²) in [5.74, 6) is 0. The Morgan fingerprint density at radius 3 is 1.08 bits per heavy atom. The van der Waals surface area contributed by atoms with E-state index < -0.39 is 5.60 Å². The van der Waals surface area contributed by atoms with E-state index >= 15 is 0 Å². The zero-order chi connectivity index (χ0) is 18.4. The zero-order valence-corrected chi connectivity index (χ0v) is 18.6. The van der Waals surface area contributed by atoms with E-state index in [1.165, 1.54) is 11.1 Å². The molecule has 0 bridgehead atoms. The molecular weight excluding hydrogens is 379 g/mol. The molecule has 0 aliphatic carbocycles. The maximum absolute atomic E-state index is 6.81. The molecule has 0 N–H and O–H groups in total. The quantitative estimate of drug-likeness (QED) is 0.510. The van der Waals surface area contributed by atoms with E-state index in [2.05, 4.69) is 41.5 Å². The molecule has 0 aromatic carbocycles. The van der Waals surface area contributed by atoms with Gasteiger partial charge in [0.15, 0.2) is 0 Å². The molecule has 0 aliphatic heterocycles. The predicted molar refractivity (Wildman–Crippen MR) is 106 cm³/mol. The van der Waals surface area contributed by atoms with Crippen molar-refractivity contribution in [3.8, 4) is 0 Å². The van der Waals surface area contributed by atoms with Gasteiger partial charge in [-0.25, -0.2) is 0 Å². The van der Waals surface area contributed by atoms with Crippen LogP contribution in [0.4, 0.5) is 0 Å². The standard InChI is InChI=1S/C18H27Cl3N2Si/c1-17(2,3)15-7-11-22(12-8-15)24(19,20,21)23-13-9-16(10-14-23)18(4,5)6/h7-14,24H,1-6H3. The van der Waals surface area contributed by atoms with Crippen LogP contribution in [0.1, 0.15) is 52.7 Å². The number of aromatic nitrogens is 2. The van der Waals surface area contributed by atoms with E-state index in [-0.39, 0.29) is 10.8 Å². The normalized spacial score (nSPS) is 15.0. The average Bonchev–Trinajstić information content (AvgIpc) is 2.45. The van der Waals surface area contributed by atoms with E-state index in [0.717, 1.165) is 0 Å². The van der Waals surface area contributed by atoms with Gasteiger partial charge in [0.1, 0.15) is 0 Å². The molecule has 0 aliphatic rings. The monoisotopic (exact) mass is 404 g/mol. The summed E-state index contributed by atoms with van der Waals surface area (Å²) in [5.41, 5.74) is -1.89. The van der Waals surface area contributed by atoms with Crippen LogP contribution < -0.4 is 8.47 Å². The van der Waals surface area contributed by atoms with Gasteiger partial charge in [0, 0.05) is 0 Å². The van der Waals surface area contributed by atoms with Crippen molar-refractivity contribution in [1.29, 1.82) is 0 Å². The molecule has 24 heavy (non-hydrogen) atoms. The van der Waals surface area contributed by atoms with Crippen LogP contribution in [0.2, 0.25) is 0 Å². The van der Waals surface area contributed by atoms with Crippen LogP contribution >= 0.6 is 33.2 Å². The summed E-state index contributed by atoms with van der Waals surface area (Å²) >= 11 is 20.4. The molecule has 0 amide bonds. The molecular formula is C18H27Cl3N2Si. The second-order valence-corrected chi connectivity index (χ2v) is 21.1. The van der Waals surface area contributed by atoms with Crippen LogP contribution in [-0.4, -0.2) is 5.60 Å². The minimum absolute atomic E-state index is 0.0625. The molecule has 0 saturated carbocycles. The van der Waals surface area contributed by atoms with Crippen LogP contribution in [0.25, 0.3) is 0 Å². The molecule has 0 radical (unpaired) electrons. The third-order valence-electron chi connectivity index (χ3n) is 4.38. The Labute approximate surface area is 159 Å². The number of halogens is 3. The Hall–Kier alpha value is -0.613. The molecule has 134 valence electrons. The number of hydrogen-bond acceptors (Lipinski definition) is 0. The first kappa shape index (κ1) is 19.7. The van der Waals surface area contributed by atoms with Crippen molar-refractivity contribution in [1.82, 2.24) is 0 Å². The topological polar surface area (TPSA) is 7.76 Å². The molecule has 2 rings (SSSR count). The average molecular weight is 406 g/mol. The third kappa shape index (κ3) is 3.96. The van der Waals surface area contributed by atoms with E-state index in [1.54, 1.807) is 8.47 Å². The number of rotatable bonds is 2. The van der Waals surface area contributed by atoms with Gasteiger partial charge in [-0.15, -0.1) is 0 Å². The van der Waals surface area contributed by atoms with Gasteiger partial charge in [-0.1, -0.05) is 0 Å². The van der Waals surface area contributed by atoms with E-state index in [4.69, 9.17) is 33.2 Å². The maximum atomic E-state index is 6.81. The van der Waals surface area contributed by atoms with Crippen molar-refractivity contribution in [2.24, 2.45) is 0 Å². The SMILES string of the molecule is CC(C)(C)c1cc[n+]([SiH-2](Cl)(Cl)(Cl)[n+]2ccc(C(C)(C)C)cc2)cc1.